The van der Waals surface area contributed by atoms with E-state index in [2.05, 4.69) is 0 Å². The van der Waals surface area contributed by atoms with Gasteiger partial charge in [-0.1, -0.05) is 12.1 Å². The first-order chi connectivity index (χ1) is 18.0. The number of esters is 1. The monoisotopic (exact) mass is 538 g/mol. The van der Waals surface area contributed by atoms with Crippen molar-refractivity contribution in [2.24, 2.45) is 0 Å². The second-order valence-corrected chi connectivity index (χ2v) is 8.32. The number of methoxy groups -OCH3 is 2. The van der Waals surface area contributed by atoms with Crippen LogP contribution in [-0.4, -0.2) is 99.5 Å². The van der Waals surface area contributed by atoms with E-state index in [1.807, 2.05) is 0 Å². The Kier molecular flexibility index (Phi) is 9.88. The van der Waals surface area contributed by atoms with Crippen LogP contribution in [0.1, 0.15) is 17.2 Å². The van der Waals surface area contributed by atoms with Crippen molar-refractivity contribution >= 4 is 12.0 Å². The molecule has 0 bridgehead atoms. The van der Waals surface area contributed by atoms with E-state index in [-0.39, 0.29) is 28.6 Å². The molecule has 2 aromatic carbocycles. The van der Waals surface area contributed by atoms with Gasteiger partial charge in [0, 0.05) is 6.08 Å². The molecule has 38 heavy (non-hydrogen) atoms. The quantitative estimate of drug-likeness (QED) is 0.116. The van der Waals surface area contributed by atoms with Crippen LogP contribution in [-0.2, 0) is 19.0 Å². The van der Waals surface area contributed by atoms with Gasteiger partial charge in [0.15, 0.2) is 24.1 Å². The average Bonchev–Trinajstić information content (AvgIpc) is 2.91. The third-order valence-electron chi connectivity index (χ3n) is 5.75. The standard InChI is InChI=1S/C25H30O13/c1-34-15-9-12(10-16(35-2)20(15)29)3-8-18(27)36-11-17-21(30)22(31)23(32)25(37-17)38-24(33)19(28)13-4-6-14(26)7-5-13/h3-10,17,19,21-26,28-33H,11H2,1-2H3. The first-order valence-electron chi connectivity index (χ1n) is 11.4. The Morgan fingerprint density at radius 3 is 2.16 bits per heavy atom. The summed E-state index contributed by atoms with van der Waals surface area (Å²) in [6.07, 6.45) is -9.45. The van der Waals surface area contributed by atoms with Gasteiger partial charge in [-0.15, -0.1) is 0 Å². The lowest BCUT2D eigenvalue weighted by molar-refractivity contribution is -0.342. The molecule has 1 aliphatic heterocycles. The molecule has 0 aliphatic carbocycles. The third-order valence-corrected chi connectivity index (χ3v) is 5.75. The minimum atomic E-state index is -1.92. The molecule has 7 N–H and O–H groups in total. The molecule has 0 amide bonds. The number of hydrogen-bond donors (Lipinski definition) is 7. The normalized spacial score (nSPS) is 25.1. The van der Waals surface area contributed by atoms with Crippen molar-refractivity contribution in [3.05, 3.63) is 53.6 Å². The molecule has 1 heterocycles. The highest BCUT2D eigenvalue weighted by Gasteiger charge is 2.46. The van der Waals surface area contributed by atoms with Gasteiger partial charge in [-0.05, 0) is 41.5 Å². The van der Waals surface area contributed by atoms with Crippen molar-refractivity contribution in [2.45, 2.75) is 43.1 Å². The van der Waals surface area contributed by atoms with E-state index < -0.39 is 55.7 Å². The number of benzene rings is 2. The molecule has 0 spiro atoms. The number of carbonyl (C=O) groups is 1. The van der Waals surface area contributed by atoms with Crippen molar-refractivity contribution in [3.8, 4) is 23.0 Å². The number of aliphatic hydroxyl groups is 5. The first kappa shape index (κ1) is 29.1. The summed E-state index contributed by atoms with van der Waals surface area (Å²) >= 11 is 0. The molecule has 7 unspecified atom stereocenters. The van der Waals surface area contributed by atoms with Crippen LogP contribution in [0.2, 0.25) is 0 Å². The molecule has 13 heteroatoms. The van der Waals surface area contributed by atoms with Gasteiger partial charge in [0.2, 0.25) is 5.75 Å². The predicted molar refractivity (Wildman–Crippen MR) is 128 cm³/mol. The Morgan fingerprint density at radius 1 is 0.974 bits per heavy atom. The van der Waals surface area contributed by atoms with E-state index in [1.165, 1.54) is 56.7 Å². The van der Waals surface area contributed by atoms with E-state index >= 15 is 0 Å². The van der Waals surface area contributed by atoms with Gasteiger partial charge in [-0.2, -0.15) is 0 Å². The summed E-state index contributed by atoms with van der Waals surface area (Å²) in [5.74, 6) is -0.891. The van der Waals surface area contributed by atoms with Gasteiger partial charge >= 0.3 is 5.97 Å². The SMILES string of the molecule is COc1cc(C=CC(=O)OCC2OC(OC(O)C(O)c3ccc(O)cc3)C(O)C(O)C2O)cc(OC)c1O. The van der Waals surface area contributed by atoms with Gasteiger partial charge in [-0.3, -0.25) is 0 Å². The maximum atomic E-state index is 12.2. The summed E-state index contributed by atoms with van der Waals surface area (Å²) in [6, 6.07) is 8.14. The molecule has 208 valence electrons. The minimum Gasteiger partial charge on any atom is -0.508 e. The Labute approximate surface area is 217 Å². The van der Waals surface area contributed by atoms with Gasteiger partial charge in [0.05, 0.1) is 14.2 Å². The molecular weight excluding hydrogens is 508 g/mol. The summed E-state index contributed by atoms with van der Waals surface area (Å²) in [7, 11) is 2.70. The zero-order valence-corrected chi connectivity index (χ0v) is 20.4. The summed E-state index contributed by atoms with van der Waals surface area (Å²) in [4.78, 5) is 12.2. The molecule has 0 radical (unpaired) electrons. The summed E-state index contributed by atoms with van der Waals surface area (Å²) < 4.78 is 25.7. The fourth-order valence-corrected chi connectivity index (χ4v) is 3.60. The molecule has 1 saturated heterocycles. The third kappa shape index (κ3) is 6.90. The van der Waals surface area contributed by atoms with Crippen molar-refractivity contribution in [3.63, 3.8) is 0 Å². The molecule has 3 rings (SSSR count). The van der Waals surface area contributed by atoms with Crippen molar-refractivity contribution in [1.29, 1.82) is 0 Å². The molecule has 13 nitrogen and oxygen atoms in total. The van der Waals surface area contributed by atoms with Crippen LogP contribution in [0.3, 0.4) is 0 Å². The van der Waals surface area contributed by atoms with Crippen molar-refractivity contribution in [1.82, 2.24) is 0 Å². The van der Waals surface area contributed by atoms with Crippen molar-refractivity contribution in [2.75, 3.05) is 20.8 Å². The average molecular weight is 539 g/mol. The Balaban J connectivity index is 1.61. The highest BCUT2D eigenvalue weighted by atomic mass is 16.8. The number of ether oxygens (including phenoxy) is 5. The number of phenols is 2. The van der Waals surface area contributed by atoms with E-state index in [9.17, 15) is 40.5 Å². The molecule has 2 aromatic rings. The van der Waals surface area contributed by atoms with Crippen LogP contribution in [0.4, 0.5) is 0 Å². The smallest absolute Gasteiger partial charge is 0.330 e. The van der Waals surface area contributed by atoms with Gasteiger partial charge in [0.1, 0.15) is 42.9 Å². The van der Waals surface area contributed by atoms with E-state index in [0.717, 1.165) is 6.08 Å². The van der Waals surface area contributed by atoms with E-state index in [0.29, 0.717) is 5.56 Å². The fraction of sp³-hybridized carbons (Fsp3) is 0.400. The van der Waals surface area contributed by atoms with Crippen LogP contribution >= 0.6 is 0 Å². The van der Waals surface area contributed by atoms with Crippen LogP contribution in [0.25, 0.3) is 6.08 Å². The summed E-state index contributed by atoms with van der Waals surface area (Å²) in [5.41, 5.74) is 0.623. The number of carbonyl (C=O) groups excluding carboxylic acids is 1. The summed E-state index contributed by atoms with van der Waals surface area (Å²) in [6.45, 7) is -0.563. The number of phenolic OH excluding ortho intramolecular Hbond substituents is 2. The number of rotatable bonds is 10. The lowest BCUT2D eigenvalue weighted by Gasteiger charge is -2.40. The molecule has 0 aromatic heterocycles. The summed E-state index contributed by atoms with van der Waals surface area (Å²) in [5, 5.41) is 70.5. The predicted octanol–water partition coefficient (Wildman–Crippen LogP) is -0.452. The van der Waals surface area contributed by atoms with Gasteiger partial charge in [-0.25, -0.2) is 4.79 Å². The topological polar surface area (TPSA) is 205 Å². The highest BCUT2D eigenvalue weighted by molar-refractivity contribution is 5.87. The van der Waals surface area contributed by atoms with Gasteiger partial charge in [0.25, 0.3) is 0 Å². The molecular formula is C25H30O13. The highest BCUT2D eigenvalue weighted by Crippen LogP contribution is 2.37. The van der Waals surface area contributed by atoms with Crippen LogP contribution in [0.5, 0.6) is 23.0 Å². The van der Waals surface area contributed by atoms with E-state index in [4.69, 9.17) is 23.7 Å². The maximum Gasteiger partial charge on any atom is 0.330 e. The number of aliphatic hydroxyl groups excluding tert-OH is 5. The lowest BCUT2D eigenvalue weighted by atomic mass is 9.99. The lowest BCUT2D eigenvalue weighted by Crippen LogP contribution is -2.60. The first-order valence-corrected chi connectivity index (χ1v) is 11.4. The maximum absolute atomic E-state index is 12.2. The fourth-order valence-electron chi connectivity index (χ4n) is 3.60. The van der Waals surface area contributed by atoms with E-state index in [1.54, 1.807) is 0 Å². The molecule has 1 aliphatic rings. The van der Waals surface area contributed by atoms with Crippen LogP contribution in [0, 0.1) is 0 Å². The minimum absolute atomic E-state index is 0.0609. The second kappa shape index (κ2) is 12.9. The van der Waals surface area contributed by atoms with Crippen LogP contribution < -0.4 is 9.47 Å². The van der Waals surface area contributed by atoms with Crippen molar-refractivity contribution < 1.29 is 64.2 Å². The number of hydrogen-bond acceptors (Lipinski definition) is 13. The number of aromatic hydroxyl groups is 2. The van der Waals surface area contributed by atoms with Crippen LogP contribution in [0.15, 0.2) is 42.5 Å². The Hall–Kier alpha value is -3.43. The Bertz CT molecular complexity index is 1080. The van der Waals surface area contributed by atoms with Gasteiger partial charge < -0.3 is 59.4 Å². The molecule has 0 saturated carbocycles. The zero-order chi connectivity index (χ0) is 28.0. The molecule has 1 fully saturated rings. The zero-order valence-electron chi connectivity index (χ0n) is 20.4. The molecule has 7 atom stereocenters. The largest absolute Gasteiger partial charge is 0.508 e. The Morgan fingerprint density at radius 2 is 1.58 bits per heavy atom. The second-order valence-electron chi connectivity index (χ2n) is 8.32.